The highest BCUT2D eigenvalue weighted by Crippen LogP contribution is 2.34. The quantitative estimate of drug-likeness (QED) is 0.867. The van der Waals surface area contributed by atoms with Crippen LogP contribution in [0, 0.1) is 6.92 Å². The van der Waals surface area contributed by atoms with Crippen molar-refractivity contribution in [1.82, 2.24) is 4.98 Å². The summed E-state index contributed by atoms with van der Waals surface area (Å²) in [5.74, 6) is 0.316. The van der Waals surface area contributed by atoms with E-state index >= 15 is 0 Å². The zero-order valence-electron chi connectivity index (χ0n) is 11.5. The first-order valence-corrected chi connectivity index (χ1v) is 6.00. The van der Waals surface area contributed by atoms with Crippen molar-refractivity contribution in [2.75, 3.05) is 14.2 Å². The second kappa shape index (κ2) is 5.61. The van der Waals surface area contributed by atoms with Crippen LogP contribution in [0.5, 0.6) is 11.5 Å². The van der Waals surface area contributed by atoms with E-state index < -0.39 is 5.97 Å². The molecule has 0 aliphatic heterocycles. The zero-order chi connectivity index (χ0) is 14.7. The van der Waals surface area contributed by atoms with E-state index in [0.717, 1.165) is 17.0 Å². The fraction of sp³-hybridized carbons (Fsp3) is 0.200. The number of carboxylic acids is 1. The monoisotopic (exact) mass is 273 g/mol. The van der Waals surface area contributed by atoms with Crippen molar-refractivity contribution in [3.63, 3.8) is 0 Å². The molecule has 2 rings (SSSR count). The standard InChI is InChI=1S/C15H15NO4/c1-9-8-10(4-7-13(17)18)16-15-12(20-3)6-5-11(19-2)14(9)15/h4-8H,1-3H3,(H,17,18)/b7-4+. The molecule has 0 aliphatic carbocycles. The van der Waals surface area contributed by atoms with Gasteiger partial charge in [0.05, 0.1) is 19.9 Å². The Balaban J connectivity index is 2.71. The highest BCUT2D eigenvalue weighted by atomic mass is 16.5. The van der Waals surface area contributed by atoms with E-state index in [0.29, 0.717) is 22.7 Å². The van der Waals surface area contributed by atoms with Crippen LogP contribution in [0.25, 0.3) is 17.0 Å². The minimum absolute atomic E-state index is 0.559. The van der Waals surface area contributed by atoms with Crippen molar-refractivity contribution in [3.8, 4) is 11.5 Å². The molecule has 104 valence electrons. The van der Waals surface area contributed by atoms with Crippen LogP contribution in [0.2, 0.25) is 0 Å². The summed E-state index contributed by atoms with van der Waals surface area (Å²) in [5, 5.41) is 9.54. The van der Waals surface area contributed by atoms with Gasteiger partial charge in [-0.3, -0.25) is 0 Å². The Hall–Kier alpha value is -2.56. The summed E-state index contributed by atoms with van der Waals surface area (Å²) in [4.78, 5) is 15.0. The Kier molecular flexibility index (Phi) is 3.89. The number of methoxy groups -OCH3 is 2. The third-order valence-electron chi connectivity index (χ3n) is 2.94. The molecule has 0 saturated heterocycles. The second-order valence-electron chi connectivity index (χ2n) is 4.23. The molecule has 0 unspecified atom stereocenters. The van der Waals surface area contributed by atoms with Crippen LogP contribution in [0.15, 0.2) is 24.3 Å². The van der Waals surface area contributed by atoms with Gasteiger partial charge in [0, 0.05) is 11.5 Å². The number of rotatable bonds is 4. The van der Waals surface area contributed by atoms with Gasteiger partial charge in [-0.1, -0.05) is 0 Å². The molecule has 0 atom stereocenters. The lowest BCUT2D eigenvalue weighted by atomic mass is 10.1. The first-order chi connectivity index (χ1) is 9.56. The number of aromatic nitrogens is 1. The van der Waals surface area contributed by atoms with Crippen molar-refractivity contribution < 1.29 is 19.4 Å². The minimum atomic E-state index is -1.01. The average molecular weight is 273 g/mol. The third kappa shape index (κ3) is 2.56. The van der Waals surface area contributed by atoms with Crippen LogP contribution in [-0.2, 0) is 4.79 Å². The molecule has 2 aromatic rings. The minimum Gasteiger partial charge on any atom is -0.496 e. The fourth-order valence-corrected chi connectivity index (χ4v) is 2.08. The maximum atomic E-state index is 10.6. The summed E-state index contributed by atoms with van der Waals surface area (Å²) in [6, 6.07) is 5.41. The highest BCUT2D eigenvalue weighted by Gasteiger charge is 2.12. The topological polar surface area (TPSA) is 68.7 Å². The van der Waals surface area contributed by atoms with Crippen LogP contribution in [-0.4, -0.2) is 30.3 Å². The number of aliphatic carboxylic acids is 1. The Morgan fingerprint density at radius 1 is 1.25 bits per heavy atom. The maximum Gasteiger partial charge on any atom is 0.328 e. The van der Waals surface area contributed by atoms with Crippen LogP contribution in [0.1, 0.15) is 11.3 Å². The summed E-state index contributed by atoms with van der Waals surface area (Å²) >= 11 is 0. The molecule has 1 heterocycles. The van der Waals surface area contributed by atoms with E-state index in [1.165, 1.54) is 6.08 Å². The van der Waals surface area contributed by atoms with E-state index in [9.17, 15) is 4.79 Å². The Labute approximate surface area is 116 Å². The largest absolute Gasteiger partial charge is 0.496 e. The molecule has 20 heavy (non-hydrogen) atoms. The van der Waals surface area contributed by atoms with Gasteiger partial charge in [0.25, 0.3) is 0 Å². The van der Waals surface area contributed by atoms with E-state index in [-0.39, 0.29) is 0 Å². The summed E-state index contributed by atoms with van der Waals surface area (Å²) < 4.78 is 10.6. The SMILES string of the molecule is COc1ccc(OC)c2c(C)cc(/C=C/C(=O)O)nc12. The number of aryl methyl sites for hydroxylation is 1. The van der Waals surface area contributed by atoms with Gasteiger partial charge < -0.3 is 14.6 Å². The Morgan fingerprint density at radius 2 is 1.90 bits per heavy atom. The van der Waals surface area contributed by atoms with Gasteiger partial charge in [-0.05, 0) is 36.8 Å². The van der Waals surface area contributed by atoms with Gasteiger partial charge in [-0.15, -0.1) is 0 Å². The number of pyridine rings is 1. The Morgan fingerprint density at radius 3 is 2.50 bits per heavy atom. The van der Waals surface area contributed by atoms with Crippen LogP contribution in [0.3, 0.4) is 0 Å². The summed E-state index contributed by atoms with van der Waals surface area (Å²) in [6.45, 7) is 1.92. The third-order valence-corrected chi connectivity index (χ3v) is 2.94. The molecule has 0 spiro atoms. The molecule has 0 saturated carbocycles. The molecule has 5 nitrogen and oxygen atoms in total. The summed E-state index contributed by atoms with van der Waals surface area (Å²) in [5.41, 5.74) is 2.15. The molecule has 0 bridgehead atoms. The predicted octanol–water partition coefficient (Wildman–Crippen LogP) is 2.66. The molecular formula is C15H15NO4. The summed E-state index contributed by atoms with van der Waals surface area (Å²) in [6.07, 6.45) is 2.51. The molecule has 5 heteroatoms. The van der Waals surface area contributed by atoms with Crippen molar-refractivity contribution in [2.45, 2.75) is 6.92 Å². The molecule has 0 fully saturated rings. The molecular weight excluding hydrogens is 258 g/mol. The number of hydrogen-bond acceptors (Lipinski definition) is 4. The number of benzene rings is 1. The number of fused-ring (bicyclic) bond motifs is 1. The van der Waals surface area contributed by atoms with E-state index in [4.69, 9.17) is 14.6 Å². The number of nitrogens with zero attached hydrogens (tertiary/aromatic N) is 1. The van der Waals surface area contributed by atoms with Gasteiger partial charge in [-0.2, -0.15) is 0 Å². The lowest BCUT2D eigenvalue weighted by molar-refractivity contribution is -0.131. The second-order valence-corrected chi connectivity index (χ2v) is 4.23. The van der Waals surface area contributed by atoms with Gasteiger partial charge in [0.15, 0.2) is 0 Å². The predicted molar refractivity (Wildman–Crippen MR) is 76.3 cm³/mol. The summed E-state index contributed by atoms with van der Waals surface area (Å²) in [7, 11) is 3.16. The number of carboxylic acid groups (broad SMARTS) is 1. The number of carbonyl (C=O) groups is 1. The molecule has 0 radical (unpaired) electrons. The normalized spacial score (nSPS) is 10.9. The number of ether oxygens (including phenoxy) is 2. The van der Waals surface area contributed by atoms with Crippen molar-refractivity contribution >= 4 is 22.9 Å². The molecule has 1 N–H and O–H groups in total. The first kappa shape index (κ1) is 13.9. The average Bonchev–Trinajstić information content (AvgIpc) is 2.43. The fourth-order valence-electron chi connectivity index (χ4n) is 2.08. The van der Waals surface area contributed by atoms with E-state index in [2.05, 4.69) is 4.98 Å². The smallest absolute Gasteiger partial charge is 0.328 e. The van der Waals surface area contributed by atoms with Gasteiger partial charge in [0.1, 0.15) is 17.0 Å². The van der Waals surface area contributed by atoms with Crippen molar-refractivity contribution in [1.29, 1.82) is 0 Å². The van der Waals surface area contributed by atoms with E-state index in [1.807, 2.05) is 19.1 Å². The van der Waals surface area contributed by atoms with Crippen molar-refractivity contribution in [2.24, 2.45) is 0 Å². The number of hydrogen-bond donors (Lipinski definition) is 1. The zero-order valence-corrected chi connectivity index (χ0v) is 11.5. The molecule has 0 amide bonds. The van der Waals surface area contributed by atoms with Crippen LogP contribution in [0.4, 0.5) is 0 Å². The Bertz CT molecular complexity index is 692. The molecule has 0 aliphatic rings. The van der Waals surface area contributed by atoms with Gasteiger partial charge in [-0.25, -0.2) is 9.78 Å². The molecule has 1 aromatic heterocycles. The van der Waals surface area contributed by atoms with Crippen LogP contribution >= 0.6 is 0 Å². The van der Waals surface area contributed by atoms with Crippen LogP contribution < -0.4 is 9.47 Å². The molecule has 1 aromatic carbocycles. The highest BCUT2D eigenvalue weighted by molar-refractivity contribution is 5.94. The lowest BCUT2D eigenvalue weighted by Crippen LogP contribution is -1.96. The van der Waals surface area contributed by atoms with E-state index in [1.54, 1.807) is 20.3 Å². The van der Waals surface area contributed by atoms with Gasteiger partial charge in [0.2, 0.25) is 0 Å². The van der Waals surface area contributed by atoms with Crippen molar-refractivity contribution in [3.05, 3.63) is 35.5 Å². The van der Waals surface area contributed by atoms with Gasteiger partial charge >= 0.3 is 5.97 Å². The lowest BCUT2D eigenvalue weighted by Gasteiger charge is -2.12. The maximum absolute atomic E-state index is 10.6. The first-order valence-electron chi connectivity index (χ1n) is 6.00.